The standard InChI is InChI=1S/C17H20ClN3O3S/c1-10(15(22)21-16(23)19-12-5-3-2-4-6-12)25-17-20-13-8-7-11(18)9-14(13)24-17/h7-10,12H,2-6H2,1H3,(H2,19,21,22,23)/t10-/m0/s1. The normalized spacial score (nSPS) is 16.6. The molecule has 3 amide bonds. The molecule has 1 saturated carbocycles. The van der Waals surface area contributed by atoms with Gasteiger partial charge in [0.25, 0.3) is 5.22 Å². The molecule has 0 radical (unpaired) electrons. The molecule has 8 heteroatoms. The van der Waals surface area contributed by atoms with Gasteiger partial charge < -0.3 is 9.73 Å². The summed E-state index contributed by atoms with van der Waals surface area (Å²) in [5.41, 5.74) is 1.24. The average molecular weight is 382 g/mol. The van der Waals surface area contributed by atoms with Crippen LogP contribution in [0.2, 0.25) is 5.02 Å². The van der Waals surface area contributed by atoms with Crippen LogP contribution >= 0.6 is 23.4 Å². The predicted molar refractivity (Wildman–Crippen MR) is 97.9 cm³/mol. The van der Waals surface area contributed by atoms with Crippen LogP contribution in [-0.4, -0.2) is 28.2 Å². The first-order valence-corrected chi connectivity index (χ1v) is 9.61. The monoisotopic (exact) mass is 381 g/mol. The smallest absolute Gasteiger partial charge is 0.321 e. The lowest BCUT2D eigenvalue weighted by Gasteiger charge is -2.22. The highest BCUT2D eigenvalue weighted by atomic mass is 35.5. The number of rotatable bonds is 4. The summed E-state index contributed by atoms with van der Waals surface area (Å²) in [5.74, 6) is -0.376. The maximum Gasteiger partial charge on any atom is 0.321 e. The fourth-order valence-electron chi connectivity index (χ4n) is 2.81. The molecule has 1 heterocycles. The van der Waals surface area contributed by atoms with Crippen molar-refractivity contribution in [1.29, 1.82) is 0 Å². The van der Waals surface area contributed by atoms with Gasteiger partial charge in [-0.1, -0.05) is 42.6 Å². The van der Waals surface area contributed by atoms with Crippen LogP contribution in [0, 0.1) is 0 Å². The number of hydrogen-bond acceptors (Lipinski definition) is 5. The van der Waals surface area contributed by atoms with Crippen molar-refractivity contribution in [2.24, 2.45) is 0 Å². The molecule has 1 aliphatic rings. The minimum atomic E-state index is -0.513. The van der Waals surface area contributed by atoms with E-state index in [2.05, 4.69) is 15.6 Å². The largest absolute Gasteiger partial charge is 0.431 e. The minimum absolute atomic E-state index is 0.159. The number of urea groups is 1. The average Bonchev–Trinajstić information content (AvgIpc) is 2.96. The van der Waals surface area contributed by atoms with E-state index in [4.69, 9.17) is 16.0 Å². The number of aromatic nitrogens is 1. The molecule has 0 aliphatic heterocycles. The second-order valence-electron chi connectivity index (χ2n) is 6.15. The molecule has 1 fully saturated rings. The molecule has 2 N–H and O–H groups in total. The predicted octanol–water partition coefficient (Wildman–Crippen LogP) is 4.12. The summed E-state index contributed by atoms with van der Waals surface area (Å²) in [6, 6.07) is 4.89. The molecule has 2 aromatic rings. The minimum Gasteiger partial charge on any atom is -0.431 e. The number of halogens is 1. The zero-order chi connectivity index (χ0) is 17.8. The molecule has 0 saturated heterocycles. The zero-order valence-corrected chi connectivity index (χ0v) is 15.5. The molecule has 1 atom stereocenters. The van der Waals surface area contributed by atoms with E-state index in [9.17, 15) is 9.59 Å². The summed E-state index contributed by atoms with van der Waals surface area (Å²) in [6.07, 6.45) is 5.39. The van der Waals surface area contributed by atoms with Crippen LogP contribution in [0.25, 0.3) is 11.1 Å². The van der Waals surface area contributed by atoms with Crippen molar-refractivity contribution in [2.75, 3.05) is 0 Å². The van der Waals surface area contributed by atoms with E-state index < -0.39 is 11.3 Å². The fraction of sp³-hybridized carbons (Fsp3) is 0.471. The molecule has 6 nitrogen and oxygen atoms in total. The summed E-state index contributed by atoms with van der Waals surface area (Å²) in [6.45, 7) is 1.70. The number of carbonyl (C=O) groups excluding carboxylic acids is 2. The number of benzene rings is 1. The number of imide groups is 1. The van der Waals surface area contributed by atoms with E-state index in [1.54, 1.807) is 25.1 Å². The van der Waals surface area contributed by atoms with Crippen LogP contribution in [0.3, 0.4) is 0 Å². The molecular weight excluding hydrogens is 362 g/mol. The first-order valence-electron chi connectivity index (χ1n) is 8.35. The summed E-state index contributed by atoms with van der Waals surface area (Å²) in [4.78, 5) is 28.4. The second kappa shape index (κ2) is 8.10. The van der Waals surface area contributed by atoms with Crippen LogP contribution in [0.5, 0.6) is 0 Å². The third-order valence-corrected chi connectivity index (χ3v) is 5.33. The van der Waals surface area contributed by atoms with Gasteiger partial charge in [-0.15, -0.1) is 0 Å². The third-order valence-electron chi connectivity index (χ3n) is 4.15. The lowest BCUT2D eigenvalue weighted by Crippen LogP contribution is -2.47. The first-order chi connectivity index (χ1) is 12.0. The topological polar surface area (TPSA) is 84.2 Å². The van der Waals surface area contributed by atoms with Crippen LogP contribution in [0.4, 0.5) is 4.79 Å². The summed E-state index contributed by atoms with van der Waals surface area (Å²) in [7, 11) is 0. The fourth-order valence-corrected chi connectivity index (χ4v) is 3.73. The van der Waals surface area contributed by atoms with Gasteiger partial charge in [-0.2, -0.15) is 0 Å². The Morgan fingerprint density at radius 3 is 2.84 bits per heavy atom. The van der Waals surface area contributed by atoms with Crippen molar-refractivity contribution in [3.05, 3.63) is 23.2 Å². The van der Waals surface area contributed by atoms with Crippen LogP contribution in [0.15, 0.2) is 27.8 Å². The molecule has 1 aromatic carbocycles. The molecule has 25 heavy (non-hydrogen) atoms. The molecule has 1 aromatic heterocycles. The third kappa shape index (κ3) is 4.89. The molecule has 0 bridgehead atoms. The highest BCUT2D eigenvalue weighted by molar-refractivity contribution is 8.00. The number of nitrogens with zero attached hydrogens (tertiary/aromatic N) is 1. The molecule has 0 unspecified atom stereocenters. The molecular formula is C17H20ClN3O3S. The van der Waals surface area contributed by atoms with E-state index in [0.29, 0.717) is 21.3 Å². The Kier molecular flexibility index (Phi) is 5.86. The number of amides is 3. The number of hydrogen-bond donors (Lipinski definition) is 2. The lowest BCUT2D eigenvalue weighted by molar-refractivity contribution is -0.119. The maximum absolute atomic E-state index is 12.2. The van der Waals surface area contributed by atoms with Gasteiger partial charge in [0.15, 0.2) is 5.58 Å². The van der Waals surface area contributed by atoms with Gasteiger partial charge in [0.1, 0.15) is 5.52 Å². The highest BCUT2D eigenvalue weighted by Gasteiger charge is 2.22. The Morgan fingerprint density at radius 1 is 1.32 bits per heavy atom. The van der Waals surface area contributed by atoms with Crippen molar-refractivity contribution in [3.8, 4) is 0 Å². The summed E-state index contributed by atoms with van der Waals surface area (Å²) < 4.78 is 5.58. The Bertz CT molecular complexity index is 774. The van der Waals surface area contributed by atoms with Gasteiger partial charge in [0.05, 0.1) is 5.25 Å². The van der Waals surface area contributed by atoms with Crippen molar-refractivity contribution >= 4 is 46.4 Å². The van der Waals surface area contributed by atoms with Gasteiger partial charge in [-0.3, -0.25) is 10.1 Å². The molecule has 3 rings (SSSR count). The van der Waals surface area contributed by atoms with Gasteiger partial charge >= 0.3 is 6.03 Å². The Hall–Kier alpha value is -1.73. The number of nitrogens with one attached hydrogen (secondary N) is 2. The van der Waals surface area contributed by atoms with Crippen LogP contribution < -0.4 is 10.6 Å². The van der Waals surface area contributed by atoms with E-state index in [1.807, 2.05) is 0 Å². The zero-order valence-electron chi connectivity index (χ0n) is 13.9. The Labute approximate surface area is 155 Å². The van der Waals surface area contributed by atoms with E-state index >= 15 is 0 Å². The summed E-state index contributed by atoms with van der Waals surface area (Å²) in [5, 5.41) is 5.67. The van der Waals surface area contributed by atoms with Crippen LogP contribution in [-0.2, 0) is 4.79 Å². The SMILES string of the molecule is C[C@H](Sc1nc2ccc(Cl)cc2o1)C(=O)NC(=O)NC1CCCCC1. The van der Waals surface area contributed by atoms with E-state index in [1.165, 1.54) is 6.42 Å². The van der Waals surface area contributed by atoms with E-state index in [0.717, 1.165) is 37.4 Å². The van der Waals surface area contributed by atoms with E-state index in [-0.39, 0.29) is 11.9 Å². The van der Waals surface area contributed by atoms with Gasteiger partial charge in [0, 0.05) is 17.1 Å². The molecule has 134 valence electrons. The lowest BCUT2D eigenvalue weighted by atomic mass is 9.96. The number of thioether (sulfide) groups is 1. The second-order valence-corrected chi connectivity index (χ2v) is 7.88. The molecule has 1 aliphatic carbocycles. The van der Waals surface area contributed by atoms with Crippen molar-refractivity contribution in [1.82, 2.24) is 15.6 Å². The van der Waals surface area contributed by atoms with Gasteiger partial charge in [0.2, 0.25) is 5.91 Å². The quantitative estimate of drug-likeness (QED) is 0.778. The van der Waals surface area contributed by atoms with Crippen molar-refractivity contribution < 1.29 is 14.0 Å². The highest BCUT2D eigenvalue weighted by Crippen LogP contribution is 2.28. The number of fused-ring (bicyclic) bond motifs is 1. The Balaban J connectivity index is 1.53. The number of carbonyl (C=O) groups is 2. The maximum atomic E-state index is 12.2. The summed E-state index contributed by atoms with van der Waals surface area (Å²) >= 11 is 7.08. The van der Waals surface area contributed by atoms with Gasteiger partial charge in [-0.05, 0) is 31.9 Å². The first kappa shape index (κ1) is 18.1. The van der Waals surface area contributed by atoms with Crippen molar-refractivity contribution in [3.63, 3.8) is 0 Å². The van der Waals surface area contributed by atoms with Crippen LogP contribution in [0.1, 0.15) is 39.0 Å². The molecule has 0 spiro atoms. The van der Waals surface area contributed by atoms with Crippen molar-refractivity contribution in [2.45, 2.75) is 55.5 Å². The number of oxazole rings is 1. The Morgan fingerprint density at radius 2 is 2.08 bits per heavy atom. The van der Waals surface area contributed by atoms with Gasteiger partial charge in [-0.25, -0.2) is 9.78 Å².